The van der Waals surface area contributed by atoms with Crippen molar-refractivity contribution in [1.82, 2.24) is 9.80 Å². The fraction of sp³-hybridized carbons (Fsp3) is 0.367. The van der Waals surface area contributed by atoms with Gasteiger partial charge in [0.2, 0.25) is 5.91 Å². The number of carbonyl (C=O) groups excluding carboxylic acids is 3. The predicted molar refractivity (Wildman–Crippen MR) is 152 cm³/mol. The van der Waals surface area contributed by atoms with Gasteiger partial charge in [0.15, 0.2) is 0 Å². The van der Waals surface area contributed by atoms with E-state index in [1.54, 1.807) is 13.2 Å². The summed E-state index contributed by atoms with van der Waals surface area (Å²) in [6.07, 6.45) is 1.69. The molecular formula is C30H32N4O4S. The lowest BCUT2D eigenvalue weighted by molar-refractivity contribution is -0.136. The highest BCUT2D eigenvalue weighted by Gasteiger charge is 2.40. The number of rotatable bonds is 6. The maximum atomic E-state index is 13.6. The van der Waals surface area contributed by atoms with E-state index in [-0.39, 0.29) is 30.2 Å². The van der Waals surface area contributed by atoms with Gasteiger partial charge in [0, 0.05) is 44.1 Å². The van der Waals surface area contributed by atoms with E-state index < -0.39 is 0 Å². The van der Waals surface area contributed by atoms with Gasteiger partial charge in [0.25, 0.3) is 11.8 Å². The molecule has 0 spiro atoms. The summed E-state index contributed by atoms with van der Waals surface area (Å²) in [5.74, 6) is 0.385. The molecule has 1 aromatic heterocycles. The largest absolute Gasteiger partial charge is 0.495 e. The van der Waals surface area contributed by atoms with Gasteiger partial charge in [-0.1, -0.05) is 24.3 Å². The van der Waals surface area contributed by atoms with Gasteiger partial charge in [-0.25, -0.2) is 0 Å². The maximum absolute atomic E-state index is 13.6. The zero-order valence-electron chi connectivity index (χ0n) is 22.0. The van der Waals surface area contributed by atoms with Gasteiger partial charge in [0.1, 0.15) is 5.75 Å². The number of piperazine rings is 1. The monoisotopic (exact) mass is 544 g/mol. The molecule has 8 nitrogen and oxygen atoms in total. The van der Waals surface area contributed by atoms with Crippen LogP contribution in [0, 0.1) is 5.92 Å². The third kappa shape index (κ3) is 4.76. The van der Waals surface area contributed by atoms with Crippen molar-refractivity contribution in [3.63, 3.8) is 0 Å². The minimum Gasteiger partial charge on any atom is -0.495 e. The number of imide groups is 1. The van der Waals surface area contributed by atoms with Gasteiger partial charge < -0.3 is 19.4 Å². The number of carbonyl (C=O) groups is 3. The summed E-state index contributed by atoms with van der Waals surface area (Å²) in [7, 11) is 1.68. The van der Waals surface area contributed by atoms with Gasteiger partial charge in [-0.2, -0.15) is 0 Å². The van der Waals surface area contributed by atoms with Crippen molar-refractivity contribution >= 4 is 40.4 Å². The second-order valence-electron chi connectivity index (χ2n) is 10.2. The molecule has 3 aliphatic heterocycles. The Balaban J connectivity index is 1.14. The van der Waals surface area contributed by atoms with Crippen molar-refractivity contribution in [2.45, 2.75) is 19.4 Å². The molecule has 0 radical (unpaired) electrons. The third-order valence-electron chi connectivity index (χ3n) is 8.00. The average Bonchev–Trinajstić information content (AvgIpc) is 3.59. The number of amides is 3. The first kappa shape index (κ1) is 25.4. The number of hydrogen-bond donors (Lipinski definition) is 0. The van der Waals surface area contributed by atoms with Crippen LogP contribution in [0.15, 0.2) is 60.0 Å². The Morgan fingerprint density at radius 2 is 1.69 bits per heavy atom. The third-order valence-corrected chi connectivity index (χ3v) is 8.86. The van der Waals surface area contributed by atoms with E-state index in [0.29, 0.717) is 30.8 Å². The molecule has 3 amide bonds. The molecule has 2 fully saturated rings. The van der Waals surface area contributed by atoms with Crippen LogP contribution in [0.25, 0.3) is 0 Å². The van der Waals surface area contributed by atoms with E-state index >= 15 is 0 Å². The molecular weight excluding hydrogens is 512 g/mol. The SMILES string of the molecule is COc1ccccc1N1CCN(C(=O)[C@H]2CCCN(c3cccc4c3C(=O)N(Cc3cccs3)C4=O)C2)CC1. The Morgan fingerprint density at radius 1 is 0.897 bits per heavy atom. The van der Waals surface area contributed by atoms with E-state index in [2.05, 4.69) is 15.9 Å². The van der Waals surface area contributed by atoms with Gasteiger partial charge >= 0.3 is 0 Å². The molecule has 3 aromatic rings. The molecule has 202 valence electrons. The summed E-state index contributed by atoms with van der Waals surface area (Å²) in [5.41, 5.74) is 2.74. The van der Waals surface area contributed by atoms with Crippen LogP contribution in [0.5, 0.6) is 5.75 Å². The number of benzene rings is 2. The first-order valence-electron chi connectivity index (χ1n) is 13.5. The lowest BCUT2D eigenvalue weighted by atomic mass is 9.94. The second kappa shape index (κ2) is 10.7. The molecule has 1 atom stereocenters. The number of fused-ring (bicyclic) bond motifs is 1. The summed E-state index contributed by atoms with van der Waals surface area (Å²) in [4.78, 5) is 48.9. The van der Waals surface area contributed by atoms with Crippen molar-refractivity contribution in [2.24, 2.45) is 5.92 Å². The molecule has 9 heteroatoms. The first-order valence-corrected chi connectivity index (χ1v) is 14.4. The van der Waals surface area contributed by atoms with E-state index in [9.17, 15) is 14.4 Å². The summed E-state index contributed by atoms with van der Waals surface area (Å²) >= 11 is 1.53. The fourth-order valence-electron chi connectivity index (χ4n) is 6.00. The molecule has 6 rings (SSSR count). The van der Waals surface area contributed by atoms with E-state index in [0.717, 1.165) is 54.5 Å². The van der Waals surface area contributed by atoms with Crippen LogP contribution >= 0.6 is 11.3 Å². The second-order valence-corrected chi connectivity index (χ2v) is 11.3. The first-order chi connectivity index (χ1) is 19.0. The van der Waals surface area contributed by atoms with E-state index in [1.165, 1.54) is 16.2 Å². The minimum absolute atomic E-state index is 0.137. The molecule has 0 aliphatic carbocycles. The predicted octanol–water partition coefficient (Wildman–Crippen LogP) is 4.12. The van der Waals surface area contributed by atoms with Crippen LogP contribution in [0.1, 0.15) is 38.4 Å². The minimum atomic E-state index is -0.250. The quantitative estimate of drug-likeness (QED) is 0.435. The molecule has 2 saturated heterocycles. The number of methoxy groups -OCH3 is 1. The molecule has 0 saturated carbocycles. The summed E-state index contributed by atoms with van der Waals surface area (Å²) in [5, 5.41) is 1.95. The summed E-state index contributed by atoms with van der Waals surface area (Å²) in [6.45, 7) is 4.43. The number of nitrogens with zero attached hydrogens (tertiary/aromatic N) is 4. The Bertz CT molecular complexity index is 1380. The Hall–Kier alpha value is -3.85. The van der Waals surface area contributed by atoms with Crippen molar-refractivity contribution in [2.75, 3.05) is 56.2 Å². The molecule has 4 heterocycles. The smallest absolute Gasteiger partial charge is 0.264 e. The van der Waals surface area contributed by atoms with Crippen LogP contribution in [0.2, 0.25) is 0 Å². The van der Waals surface area contributed by atoms with Crippen LogP contribution < -0.4 is 14.5 Å². The lowest BCUT2D eigenvalue weighted by Gasteiger charge is -2.40. The Kier molecular flexibility index (Phi) is 6.99. The van der Waals surface area contributed by atoms with Gasteiger partial charge in [-0.3, -0.25) is 19.3 Å². The topological polar surface area (TPSA) is 73.4 Å². The standard InChI is InChI=1S/C30H32N4O4S/c1-38-26-12-3-2-10-24(26)31-14-16-32(17-15-31)28(35)21-7-5-13-33(19-21)25-11-4-9-23-27(25)30(37)34(29(23)36)20-22-8-6-18-39-22/h2-4,6,8-12,18,21H,5,7,13-17,19-20H2,1H3/t21-/m0/s1. The molecule has 0 unspecified atom stereocenters. The van der Waals surface area contributed by atoms with E-state index in [1.807, 2.05) is 52.7 Å². The zero-order chi connectivity index (χ0) is 26.9. The number of piperidine rings is 1. The van der Waals surface area contributed by atoms with Crippen LogP contribution in [0.4, 0.5) is 11.4 Å². The normalized spacial score (nSPS) is 19.5. The van der Waals surface area contributed by atoms with Gasteiger partial charge in [-0.15, -0.1) is 11.3 Å². The Labute approximate surface area is 232 Å². The van der Waals surface area contributed by atoms with Gasteiger partial charge in [0.05, 0.1) is 42.1 Å². The van der Waals surface area contributed by atoms with Crippen LogP contribution in [-0.4, -0.2) is 73.9 Å². The molecule has 0 N–H and O–H groups in total. The number of para-hydroxylation sites is 2. The highest BCUT2D eigenvalue weighted by molar-refractivity contribution is 7.09. The molecule has 2 aromatic carbocycles. The van der Waals surface area contributed by atoms with Crippen molar-refractivity contribution < 1.29 is 19.1 Å². The number of anilines is 2. The number of thiophene rings is 1. The number of hydrogen-bond acceptors (Lipinski definition) is 7. The molecule has 3 aliphatic rings. The number of ether oxygens (including phenoxy) is 1. The summed E-state index contributed by atoms with van der Waals surface area (Å²) < 4.78 is 5.52. The molecule has 39 heavy (non-hydrogen) atoms. The highest BCUT2D eigenvalue weighted by Crippen LogP contribution is 2.35. The lowest BCUT2D eigenvalue weighted by Crippen LogP contribution is -2.52. The maximum Gasteiger partial charge on any atom is 0.264 e. The van der Waals surface area contributed by atoms with Crippen molar-refractivity contribution in [3.05, 3.63) is 76.0 Å². The zero-order valence-corrected chi connectivity index (χ0v) is 22.9. The van der Waals surface area contributed by atoms with Gasteiger partial charge in [-0.05, 0) is 48.6 Å². The van der Waals surface area contributed by atoms with Crippen LogP contribution in [0.3, 0.4) is 0 Å². The van der Waals surface area contributed by atoms with E-state index in [4.69, 9.17) is 4.74 Å². The average molecular weight is 545 g/mol. The summed E-state index contributed by atoms with van der Waals surface area (Å²) in [6, 6.07) is 17.3. The van der Waals surface area contributed by atoms with Crippen LogP contribution in [-0.2, 0) is 11.3 Å². The van der Waals surface area contributed by atoms with Crippen molar-refractivity contribution in [1.29, 1.82) is 0 Å². The highest BCUT2D eigenvalue weighted by atomic mass is 32.1. The Morgan fingerprint density at radius 3 is 2.46 bits per heavy atom. The van der Waals surface area contributed by atoms with Crippen molar-refractivity contribution in [3.8, 4) is 5.75 Å². The fourth-order valence-corrected chi connectivity index (χ4v) is 6.69. The molecule has 0 bridgehead atoms.